The zero-order chi connectivity index (χ0) is 20.1. The normalized spacial score (nSPS) is 21.8. The first kappa shape index (κ1) is 23.5. The van der Waals surface area contributed by atoms with E-state index in [4.69, 9.17) is 4.74 Å². The van der Waals surface area contributed by atoms with Crippen LogP contribution >= 0.6 is 12.4 Å². The van der Waals surface area contributed by atoms with Crippen LogP contribution in [0, 0.1) is 13.8 Å². The molecule has 3 rings (SSSR count). The van der Waals surface area contributed by atoms with Crippen molar-refractivity contribution in [2.24, 2.45) is 0 Å². The summed E-state index contributed by atoms with van der Waals surface area (Å²) in [4.78, 5) is 26.9. The lowest BCUT2D eigenvalue weighted by Crippen LogP contribution is -2.46. The maximum atomic E-state index is 12.7. The van der Waals surface area contributed by atoms with E-state index < -0.39 is 0 Å². The van der Waals surface area contributed by atoms with Crippen LogP contribution in [0.2, 0.25) is 0 Å². The number of benzene rings is 1. The van der Waals surface area contributed by atoms with Crippen molar-refractivity contribution in [3.05, 3.63) is 28.8 Å². The van der Waals surface area contributed by atoms with Gasteiger partial charge in [-0.3, -0.25) is 9.59 Å². The van der Waals surface area contributed by atoms with Gasteiger partial charge in [0.25, 0.3) is 11.8 Å². The van der Waals surface area contributed by atoms with Crippen molar-refractivity contribution in [2.75, 3.05) is 26.2 Å². The van der Waals surface area contributed by atoms with Gasteiger partial charge in [0, 0.05) is 30.7 Å². The number of carbonyl (C=O) groups is 2. The lowest BCUT2D eigenvalue weighted by Gasteiger charge is -2.28. The Hall–Kier alpha value is -1.79. The summed E-state index contributed by atoms with van der Waals surface area (Å²) >= 11 is 0. The minimum Gasteiger partial charge on any atom is -0.483 e. The van der Waals surface area contributed by atoms with Crippen LogP contribution in [0.1, 0.15) is 60.5 Å². The Labute approximate surface area is 180 Å². The highest BCUT2D eigenvalue weighted by atomic mass is 35.5. The summed E-state index contributed by atoms with van der Waals surface area (Å²) in [6.07, 6.45) is 5.24. The Kier molecular flexibility index (Phi) is 8.78. The Morgan fingerprint density at radius 1 is 1.17 bits per heavy atom. The summed E-state index contributed by atoms with van der Waals surface area (Å²) in [5, 5.41) is 6.55. The first-order valence-electron chi connectivity index (χ1n) is 10.5. The van der Waals surface area contributed by atoms with Gasteiger partial charge in [-0.25, -0.2) is 0 Å². The lowest BCUT2D eigenvalue weighted by molar-refractivity contribution is -0.134. The van der Waals surface area contributed by atoms with Gasteiger partial charge in [0.2, 0.25) is 0 Å². The molecule has 0 spiro atoms. The van der Waals surface area contributed by atoms with Crippen molar-refractivity contribution >= 4 is 24.2 Å². The van der Waals surface area contributed by atoms with Crippen LogP contribution in [0.25, 0.3) is 0 Å². The second kappa shape index (κ2) is 10.8. The molecule has 6 nitrogen and oxygen atoms in total. The molecule has 1 aromatic carbocycles. The quantitative estimate of drug-likeness (QED) is 0.763. The van der Waals surface area contributed by atoms with E-state index in [1.54, 1.807) is 0 Å². The molecule has 0 saturated carbocycles. The van der Waals surface area contributed by atoms with Crippen molar-refractivity contribution < 1.29 is 14.3 Å². The van der Waals surface area contributed by atoms with Gasteiger partial charge < -0.3 is 20.3 Å². The Balaban J connectivity index is 0.00000300. The molecule has 2 unspecified atom stereocenters. The third-order valence-electron chi connectivity index (χ3n) is 5.73. The minimum atomic E-state index is -0.0405. The average Bonchev–Trinajstić information content (AvgIpc) is 2.67. The summed E-state index contributed by atoms with van der Waals surface area (Å²) < 4.78 is 5.85. The van der Waals surface area contributed by atoms with E-state index >= 15 is 0 Å². The van der Waals surface area contributed by atoms with E-state index in [-0.39, 0.29) is 36.9 Å². The van der Waals surface area contributed by atoms with Gasteiger partial charge in [0.1, 0.15) is 5.75 Å². The predicted molar refractivity (Wildman–Crippen MR) is 117 cm³/mol. The van der Waals surface area contributed by atoms with Crippen molar-refractivity contribution in [1.29, 1.82) is 0 Å². The molecule has 2 fully saturated rings. The summed E-state index contributed by atoms with van der Waals surface area (Å²) in [5.74, 6) is 0.707. The van der Waals surface area contributed by atoms with Crippen molar-refractivity contribution in [3.63, 3.8) is 0 Å². The molecule has 2 amide bonds. The molecule has 0 aromatic heterocycles. The monoisotopic (exact) mass is 423 g/mol. The number of halogens is 1. The fourth-order valence-electron chi connectivity index (χ4n) is 4.21. The van der Waals surface area contributed by atoms with Gasteiger partial charge in [-0.2, -0.15) is 0 Å². The van der Waals surface area contributed by atoms with E-state index in [2.05, 4.69) is 17.6 Å². The van der Waals surface area contributed by atoms with Gasteiger partial charge in [0.05, 0.1) is 0 Å². The largest absolute Gasteiger partial charge is 0.483 e. The van der Waals surface area contributed by atoms with Gasteiger partial charge in [-0.15, -0.1) is 12.4 Å². The third kappa shape index (κ3) is 6.34. The number of nitrogens with zero attached hydrogens (tertiary/aromatic N) is 1. The maximum absolute atomic E-state index is 12.7. The standard InChI is InChI=1S/C22H33N3O3.ClH/c1-15-11-18(22(27)24-19-7-8-23-17(3)13-19)12-16(2)21(15)28-14-20(26)25-9-5-4-6-10-25;/h11-12,17,19,23H,4-10,13-14H2,1-3H3,(H,24,27);1H. The van der Waals surface area contributed by atoms with Crippen LogP contribution < -0.4 is 15.4 Å². The van der Waals surface area contributed by atoms with Crippen LogP contribution in [0.4, 0.5) is 0 Å². The second-order valence-electron chi connectivity index (χ2n) is 8.22. The number of hydrogen-bond donors (Lipinski definition) is 2. The maximum Gasteiger partial charge on any atom is 0.260 e. The number of aryl methyl sites for hydroxylation is 2. The molecule has 162 valence electrons. The number of ether oxygens (including phenoxy) is 1. The number of hydrogen-bond acceptors (Lipinski definition) is 4. The van der Waals surface area contributed by atoms with Crippen LogP contribution in [0.3, 0.4) is 0 Å². The number of rotatable bonds is 5. The van der Waals surface area contributed by atoms with E-state index in [1.165, 1.54) is 6.42 Å². The number of amides is 2. The average molecular weight is 424 g/mol. The van der Waals surface area contributed by atoms with Crippen LogP contribution in [-0.4, -0.2) is 55.0 Å². The highest BCUT2D eigenvalue weighted by Gasteiger charge is 2.22. The van der Waals surface area contributed by atoms with E-state index in [9.17, 15) is 9.59 Å². The molecule has 2 atom stereocenters. The summed E-state index contributed by atoms with van der Waals surface area (Å²) in [6.45, 7) is 8.64. The molecule has 2 heterocycles. The zero-order valence-electron chi connectivity index (χ0n) is 17.8. The molecule has 2 aliphatic rings. The second-order valence-corrected chi connectivity index (χ2v) is 8.22. The minimum absolute atomic E-state index is 0. The Bertz CT molecular complexity index is 696. The highest BCUT2D eigenvalue weighted by molar-refractivity contribution is 5.95. The molecule has 2 saturated heterocycles. The van der Waals surface area contributed by atoms with Crippen LogP contribution in [-0.2, 0) is 4.79 Å². The van der Waals surface area contributed by atoms with E-state index in [1.807, 2.05) is 30.9 Å². The number of piperidine rings is 2. The molecule has 0 radical (unpaired) electrons. The third-order valence-corrected chi connectivity index (χ3v) is 5.73. The van der Waals surface area contributed by atoms with Crippen molar-refractivity contribution in [3.8, 4) is 5.75 Å². The molecule has 2 N–H and O–H groups in total. The fraction of sp³-hybridized carbons (Fsp3) is 0.636. The first-order chi connectivity index (χ1) is 13.4. The van der Waals surface area contributed by atoms with Gasteiger partial charge in [-0.1, -0.05) is 0 Å². The van der Waals surface area contributed by atoms with E-state index in [0.29, 0.717) is 17.4 Å². The van der Waals surface area contributed by atoms with Gasteiger partial charge in [0.15, 0.2) is 6.61 Å². The Morgan fingerprint density at radius 3 is 2.45 bits per heavy atom. The van der Waals surface area contributed by atoms with Gasteiger partial charge in [-0.05, 0) is 82.7 Å². The number of nitrogens with one attached hydrogen (secondary N) is 2. The molecular formula is C22H34ClN3O3. The summed E-state index contributed by atoms with van der Waals surface area (Å²) in [5.41, 5.74) is 2.42. The first-order valence-corrected chi connectivity index (χ1v) is 10.5. The molecule has 0 aliphatic carbocycles. The summed E-state index contributed by atoms with van der Waals surface area (Å²) in [6, 6.07) is 4.35. The fourth-order valence-corrected chi connectivity index (χ4v) is 4.21. The van der Waals surface area contributed by atoms with Gasteiger partial charge >= 0.3 is 0 Å². The molecule has 7 heteroatoms. The predicted octanol–water partition coefficient (Wildman–Crippen LogP) is 2.99. The molecule has 1 aromatic rings. The van der Waals surface area contributed by atoms with Crippen LogP contribution in [0.15, 0.2) is 12.1 Å². The molecule has 2 aliphatic heterocycles. The Morgan fingerprint density at radius 2 is 1.83 bits per heavy atom. The van der Waals surface area contributed by atoms with Crippen LogP contribution in [0.5, 0.6) is 5.75 Å². The van der Waals surface area contributed by atoms with E-state index in [0.717, 1.165) is 56.4 Å². The summed E-state index contributed by atoms with van der Waals surface area (Å²) in [7, 11) is 0. The molecular weight excluding hydrogens is 390 g/mol. The molecule has 0 bridgehead atoms. The van der Waals surface area contributed by atoms with Crippen molar-refractivity contribution in [1.82, 2.24) is 15.5 Å². The smallest absolute Gasteiger partial charge is 0.260 e. The zero-order valence-corrected chi connectivity index (χ0v) is 18.6. The molecule has 29 heavy (non-hydrogen) atoms. The SMILES string of the molecule is Cc1cc(C(=O)NC2CCNC(C)C2)cc(C)c1OCC(=O)N1CCCCC1.Cl. The highest BCUT2D eigenvalue weighted by Crippen LogP contribution is 2.25. The number of carbonyl (C=O) groups excluding carboxylic acids is 2. The van der Waals surface area contributed by atoms with Crippen molar-refractivity contribution in [2.45, 2.75) is 65.0 Å². The number of likely N-dealkylation sites (tertiary alicyclic amines) is 1. The lowest BCUT2D eigenvalue weighted by atomic mass is 9.99. The topological polar surface area (TPSA) is 70.7 Å².